The molecular formula is C16H14N4OS. The average molecular weight is 310 g/mol. The minimum Gasteiger partial charge on any atom is -0.333 e. The fourth-order valence-electron chi connectivity index (χ4n) is 2.64. The van der Waals surface area contributed by atoms with Crippen molar-refractivity contribution in [1.82, 2.24) is 20.1 Å². The van der Waals surface area contributed by atoms with E-state index in [2.05, 4.69) is 15.2 Å². The zero-order valence-corrected chi connectivity index (χ0v) is 12.6. The SMILES string of the molecule is O=C(c1cnc(-c2ccccc2)s1)N1CCc2[nH]ncc2C1. The topological polar surface area (TPSA) is 61.9 Å². The Balaban J connectivity index is 1.56. The van der Waals surface area contributed by atoms with Crippen LogP contribution < -0.4 is 0 Å². The number of H-pyrrole nitrogens is 1. The maximum Gasteiger partial charge on any atom is 0.265 e. The highest BCUT2D eigenvalue weighted by Crippen LogP contribution is 2.27. The van der Waals surface area contributed by atoms with Crippen LogP contribution in [0.3, 0.4) is 0 Å². The summed E-state index contributed by atoms with van der Waals surface area (Å²) < 4.78 is 0. The van der Waals surface area contributed by atoms with Crippen LogP contribution >= 0.6 is 11.3 Å². The van der Waals surface area contributed by atoms with Crippen molar-refractivity contribution in [2.75, 3.05) is 6.54 Å². The quantitative estimate of drug-likeness (QED) is 0.791. The lowest BCUT2D eigenvalue weighted by Crippen LogP contribution is -2.35. The summed E-state index contributed by atoms with van der Waals surface area (Å²) >= 11 is 1.45. The summed E-state index contributed by atoms with van der Waals surface area (Å²) in [7, 11) is 0. The molecule has 0 aliphatic carbocycles. The van der Waals surface area contributed by atoms with E-state index < -0.39 is 0 Å². The number of nitrogens with zero attached hydrogens (tertiary/aromatic N) is 3. The van der Waals surface area contributed by atoms with E-state index in [0.717, 1.165) is 28.2 Å². The van der Waals surface area contributed by atoms with E-state index in [9.17, 15) is 4.79 Å². The maximum absolute atomic E-state index is 12.6. The van der Waals surface area contributed by atoms with Gasteiger partial charge >= 0.3 is 0 Å². The first-order chi connectivity index (χ1) is 10.8. The van der Waals surface area contributed by atoms with Crippen molar-refractivity contribution >= 4 is 17.2 Å². The van der Waals surface area contributed by atoms with Crippen LogP contribution in [-0.2, 0) is 13.0 Å². The molecule has 3 heterocycles. The Morgan fingerprint density at radius 1 is 1.23 bits per heavy atom. The molecule has 5 nitrogen and oxygen atoms in total. The van der Waals surface area contributed by atoms with Gasteiger partial charge in [-0.3, -0.25) is 9.89 Å². The van der Waals surface area contributed by atoms with Crippen LogP contribution in [-0.4, -0.2) is 32.5 Å². The lowest BCUT2D eigenvalue weighted by atomic mass is 10.1. The first kappa shape index (κ1) is 13.2. The summed E-state index contributed by atoms with van der Waals surface area (Å²) in [5.74, 6) is 0.0477. The monoisotopic (exact) mass is 310 g/mol. The van der Waals surface area contributed by atoms with Crippen molar-refractivity contribution in [2.45, 2.75) is 13.0 Å². The second-order valence-electron chi connectivity index (χ2n) is 5.25. The summed E-state index contributed by atoms with van der Waals surface area (Å²) in [6.45, 7) is 1.33. The molecular weight excluding hydrogens is 296 g/mol. The number of hydrogen-bond acceptors (Lipinski definition) is 4. The van der Waals surface area contributed by atoms with Crippen LogP contribution in [0.25, 0.3) is 10.6 Å². The molecule has 1 N–H and O–H groups in total. The van der Waals surface area contributed by atoms with E-state index in [1.807, 2.05) is 35.2 Å². The molecule has 1 amide bonds. The predicted octanol–water partition coefficient (Wildman–Crippen LogP) is 2.73. The van der Waals surface area contributed by atoms with E-state index in [-0.39, 0.29) is 5.91 Å². The second kappa shape index (κ2) is 5.38. The number of benzene rings is 1. The van der Waals surface area contributed by atoms with Gasteiger partial charge in [0.05, 0.1) is 12.4 Å². The first-order valence-electron chi connectivity index (χ1n) is 7.13. The molecule has 0 saturated carbocycles. The fourth-order valence-corrected chi connectivity index (χ4v) is 3.53. The van der Waals surface area contributed by atoms with Crippen molar-refractivity contribution < 1.29 is 4.79 Å². The molecule has 0 atom stereocenters. The van der Waals surface area contributed by atoms with Gasteiger partial charge in [0.1, 0.15) is 9.88 Å². The lowest BCUT2D eigenvalue weighted by Gasteiger charge is -2.25. The van der Waals surface area contributed by atoms with E-state index in [4.69, 9.17) is 0 Å². The Morgan fingerprint density at radius 3 is 2.95 bits per heavy atom. The number of aromatic nitrogens is 3. The van der Waals surface area contributed by atoms with Crippen LogP contribution in [0.2, 0.25) is 0 Å². The molecule has 3 aromatic rings. The predicted molar refractivity (Wildman–Crippen MR) is 84.6 cm³/mol. The number of carbonyl (C=O) groups is 1. The average Bonchev–Trinajstić information content (AvgIpc) is 3.23. The summed E-state index contributed by atoms with van der Waals surface area (Å²) in [6, 6.07) is 9.93. The van der Waals surface area contributed by atoms with Gasteiger partial charge < -0.3 is 4.90 Å². The minimum absolute atomic E-state index is 0.0477. The number of hydrogen-bond donors (Lipinski definition) is 1. The Bertz CT molecular complexity index is 808. The maximum atomic E-state index is 12.6. The molecule has 2 aromatic heterocycles. The molecule has 0 saturated heterocycles. The highest BCUT2D eigenvalue weighted by atomic mass is 32.1. The normalized spacial score (nSPS) is 13.9. The molecule has 0 unspecified atom stereocenters. The zero-order chi connectivity index (χ0) is 14.9. The van der Waals surface area contributed by atoms with Crippen LogP contribution in [0.4, 0.5) is 0 Å². The fraction of sp³-hybridized carbons (Fsp3) is 0.188. The Labute approximate surface area is 131 Å². The Hall–Kier alpha value is -2.47. The van der Waals surface area contributed by atoms with E-state index in [1.165, 1.54) is 11.3 Å². The third-order valence-electron chi connectivity index (χ3n) is 3.82. The standard InChI is InChI=1S/C16H14N4OS/c21-16(20-7-6-13-12(10-20)8-18-19-13)14-9-17-15(22-14)11-4-2-1-3-5-11/h1-5,8-9H,6-7,10H2,(H,18,19). The number of aromatic amines is 1. The Morgan fingerprint density at radius 2 is 2.09 bits per heavy atom. The molecule has 110 valence electrons. The van der Waals surface area contributed by atoms with Gasteiger partial charge in [0.2, 0.25) is 0 Å². The summed E-state index contributed by atoms with van der Waals surface area (Å²) in [5.41, 5.74) is 3.29. The van der Waals surface area contributed by atoms with Crippen molar-refractivity contribution in [1.29, 1.82) is 0 Å². The number of carbonyl (C=O) groups excluding carboxylic acids is 1. The van der Waals surface area contributed by atoms with Crippen molar-refractivity contribution in [3.63, 3.8) is 0 Å². The lowest BCUT2D eigenvalue weighted by molar-refractivity contribution is 0.0739. The van der Waals surface area contributed by atoms with Gasteiger partial charge in [0.15, 0.2) is 0 Å². The molecule has 1 aliphatic heterocycles. The van der Waals surface area contributed by atoms with Gasteiger partial charge in [-0.05, 0) is 0 Å². The largest absolute Gasteiger partial charge is 0.333 e. The number of amides is 1. The van der Waals surface area contributed by atoms with Crippen LogP contribution in [0, 0.1) is 0 Å². The van der Waals surface area contributed by atoms with Gasteiger partial charge in [-0.25, -0.2) is 4.98 Å². The molecule has 4 rings (SSSR count). The summed E-state index contributed by atoms with van der Waals surface area (Å²) in [6.07, 6.45) is 4.31. The Kier molecular flexibility index (Phi) is 3.23. The molecule has 6 heteroatoms. The molecule has 0 spiro atoms. The van der Waals surface area contributed by atoms with E-state index in [0.29, 0.717) is 18.0 Å². The van der Waals surface area contributed by atoms with Crippen molar-refractivity contribution in [2.24, 2.45) is 0 Å². The third-order valence-corrected chi connectivity index (χ3v) is 4.86. The highest BCUT2D eigenvalue weighted by molar-refractivity contribution is 7.16. The van der Waals surface area contributed by atoms with Gasteiger partial charge in [-0.15, -0.1) is 11.3 Å². The highest BCUT2D eigenvalue weighted by Gasteiger charge is 2.24. The van der Waals surface area contributed by atoms with Crippen molar-refractivity contribution in [3.8, 4) is 10.6 Å². The molecule has 22 heavy (non-hydrogen) atoms. The van der Waals surface area contributed by atoms with Crippen LogP contribution in [0.5, 0.6) is 0 Å². The summed E-state index contributed by atoms with van der Waals surface area (Å²) in [5, 5.41) is 7.91. The third kappa shape index (κ3) is 2.31. The van der Waals surface area contributed by atoms with Crippen LogP contribution in [0.1, 0.15) is 20.9 Å². The van der Waals surface area contributed by atoms with Gasteiger partial charge in [-0.2, -0.15) is 5.10 Å². The number of rotatable bonds is 2. The molecule has 0 fully saturated rings. The molecule has 1 aromatic carbocycles. The number of thiazole rings is 1. The minimum atomic E-state index is 0.0477. The first-order valence-corrected chi connectivity index (χ1v) is 7.94. The number of nitrogens with one attached hydrogen (secondary N) is 1. The van der Waals surface area contributed by atoms with Crippen molar-refractivity contribution in [3.05, 3.63) is 58.9 Å². The van der Waals surface area contributed by atoms with Gasteiger partial charge in [0, 0.05) is 36.3 Å². The molecule has 0 radical (unpaired) electrons. The summed E-state index contributed by atoms with van der Waals surface area (Å²) in [4.78, 5) is 19.6. The second-order valence-corrected chi connectivity index (χ2v) is 6.28. The zero-order valence-electron chi connectivity index (χ0n) is 11.8. The van der Waals surface area contributed by atoms with Gasteiger partial charge in [-0.1, -0.05) is 30.3 Å². The van der Waals surface area contributed by atoms with E-state index >= 15 is 0 Å². The number of fused-ring (bicyclic) bond motifs is 1. The molecule has 1 aliphatic rings. The van der Waals surface area contributed by atoms with Crippen LogP contribution in [0.15, 0.2) is 42.7 Å². The van der Waals surface area contributed by atoms with Gasteiger partial charge in [0.25, 0.3) is 5.91 Å². The smallest absolute Gasteiger partial charge is 0.265 e. The molecule has 0 bridgehead atoms. The van der Waals surface area contributed by atoms with E-state index in [1.54, 1.807) is 12.4 Å².